The van der Waals surface area contributed by atoms with Gasteiger partial charge in [0.05, 0.1) is 0 Å². The van der Waals surface area contributed by atoms with Gasteiger partial charge < -0.3 is 20.4 Å². The molecule has 2 aromatic heterocycles. The Bertz CT molecular complexity index is 914. The van der Waals surface area contributed by atoms with Gasteiger partial charge in [0.1, 0.15) is 5.82 Å². The number of piperazine rings is 1. The van der Waals surface area contributed by atoms with Crippen LogP contribution in [0.4, 0.5) is 16.0 Å². The van der Waals surface area contributed by atoms with E-state index < -0.39 is 0 Å². The van der Waals surface area contributed by atoms with Gasteiger partial charge in [-0.3, -0.25) is 4.79 Å². The Kier molecular flexibility index (Phi) is 5.31. The monoisotopic (exact) mass is 399 g/mol. The Morgan fingerprint density at radius 3 is 2.52 bits per heavy atom. The average Bonchev–Trinajstić information content (AvgIpc) is 3.16. The molecule has 2 aliphatic rings. The zero-order valence-corrected chi connectivity index (χ0v) is 16.8. The summed E-state index contributed by atoms with van der Waals surface area (Å²) >= 11 is 0. The van der Waals surface area contributed by atoms with Crippen molar-refractivity contribution in [2.45, 2.75) is 26.3 Å². The highest BCUT2D eigenvalue weighted by molar-refractivity contribution is 5.91. The molecule has 0 saturated carbocycles. The van der Waals surface area contributed by atoms with E-state index in [4.69, 9.17) is 5.73 Å². The molecule has 2 saturated heterocycles. The van der Waals surface area contributed by atoms with Gasteiger partial charge in [0.2, 0.25) is 5.82 Å². The Labute approximate surface area is 169 Å². The molecule has 2 aliphatic heterocycles. The van der Waals surface area contributed by atoms with Crippen LogP contribution in [-0.4, -0.2) is 71.1 Å². The second-order valence-electron chi connectivity index (χ2n) is 7.66. The van der Waals surface area contributed by atoms with Crippen LogP contribution in [-0.2, 0) is 0 Å². The minimum absolute atomic E-state index is 0.129. The Balaban J connectivity index is 1.49. The van der Waals surface area contributed by atoms with Crippen molar-refractivity contribution in [2.75, 3.05) is 49.1 Å². The number of rotatable bonds is 3. The maximum atomic E-state index is 14.0. The molecule has 4 heterocycles. The third-order valence-electron chi connectivity index (χ3n) is 5.68. The number of aromatic nitrogens is 3. The number of nitrogens with zero attached hydrogens (tertiary/aromatic N) is 6. The predicted molar refractivity (Wildman–Crippen MR) is 109 cm³/mol. The summed E-state index contributed by atoms with van der Waals surface area (Å²) in [6, 6.07) is 3.10. The van der Waals surface area contributed by atoms with Gasteiger partial charge in [-0.15, -0.1) is 0 Å². The van der Waals surface area contributed by atoms with Crippen molar-refractivity contribution >= 4 is 17.5 Å². The fourth-order valence-electron chi connectivity index (χ4n) is 3.87. The van der Waals surface area contributed by atoms with E-state index >= 15 is 0 Å². The van der Waals surface area contributed by atoms with Crippen molar-refractivity contribution in [3.8, 4) is 0 Å². The van der Waals surface area contributed by atoms with Gasteiger partial charge in [-0.25, -0.2) is 19.3 Å². The largest absolute Gasteiger partial charge is 0.355 e. The van der Waals surface area contributed by atoms with Gasteiger partial charge in [-0.1, -0.05) is 0 Å². The van der Waals surface area contributed by atoms with E-state index in [2.05, 4.69) is 19.9 Å². The summed E-state index contributed by atoms with van der Waals surface area (Å²) < 4.78 is 14.0. The molecule has 1 amide bonds. The lowest BCUT2D eigenvalue weighted by Crippen LogP contribution is -2.49. The van der Waals surface area contributed by atoms with Crippen LogP contribution in [0.1, 0.15) is 28.3 Å². The molecule has 0 radical (unpaired) electrons. The Hall–Kier alpha value is -2.81. The summed E-state index contributed by atoms with van der Waals surface area (Å²) in [5.74, 6) is 0.788. The highest BCUT2D eigenvalue weighted by Crippen LogP contribution is 2.24. The number of carbonyl (C=O) groups is 1. The molecule has 154 valence electrons. The highest BCUT2D eigenvalue weighted by atomic mass is 19.1. The first-order valence-corrected chi connectivity index (χ1v) is 9.94. The smallest absolute Gasteiger partial charge is 0.291 e. The molecule has 8 nitrogen and oxygen atoms in total. The lowest BCUT2D eigenvalue weighted by molar-refractivity contribution is 0.0733. The summed E-state index contributed by atoms with van der Waals surface area (Å²) in [7, 11) is 0. The molecule has 2 N–H and O–H groups in total. The number of halogens is 1. The topological polar surface area (TPSA) is 91.5 Å². The van der Waals surface area contributed by atoms with Gasteiger partial charge >= 0.3 is 0 Å². The van der Waals surface area contributed by atoms with Crippen LogP contribution in [0.5, 0.6) is 0 Å². The number of hydrogen-bond donors (Lipinski definition) is 1. The van der Waals surface area contributed by atoms with Crippen LogP contribution in [0.15, 0.2) is 18.3 Å². The minimum atomic E-state index is -0.349. The zero-order valence-electron chi connectivity index (χ0n) is 16.8. The molecule has 0 bridgehead atoms. The van der Waals surface area contributed by atoms with Crippen LogP contribution in [0.3, 0.4) is 0 Å². The van der Waals surface area contributed by atoms with E-state index in [9.17, 15) is 9.18 Å². The fourth-order valence-corrected chi connectivity index (χ4v) is 3.87. The quantitative estimate of drug-likeness (QED) is 0.827. The van der Waals surface area contributed by atoms with Crippen LogP contribution in [0.2, 0.25) is 0 Å². The second-order valence-corrected chi connectivity index (χ2v) is 7.66. The number of pyridine rings is 1. The number of carbonyl (C=O) groups excluding carboxylic acids is 1. The Morgan fingerprint density at radius 2 is 1.86 bits per heavy atom. The number of hydrogen-bond acceptors (Lipinski definition) is 7. The molecule has 2 fully saturated rings. The predicted octanol–water partition coefficient (Wildman–Crippen LogP) is 1.13. The van der Waals surface area contributed by atoms with Gasteiger partial charge in [-0.05, 0) is 32.4 Å². The normalized spacial score (nSPS) is 19.7. The van der Waals surface area contributed by atoms with Crippen molar-refractivity contribution in [2.24, 2.45) is 5.73 Å². The molecule has 0 aromatic carbocycles. The number of anilines is 2. The van der Waals surface area contributed by atoms with Crippen molar-refractivity contribution in [3.05, 3.63) is 41.2 Å². The first-order valence-electron chi connectivity index (χ1n) is 9.94. The summed E-state index contributed by atoms with van der Waals surface area (Å²) in [5.41, 5.74) is 7.82. The average molecular weight is 399 g/mol. The zero-order chi connectivity index (χ0) is 20.5. The van der Waals surface area contributed by atoms with Crippen LogP contribution < -0.4 is 15.5 Å². The summed E-state index contributed by atoms with van der Waals surface area (Å²) in [6.07, 6.45) is 2.49. The summed E-state index contributed by atoms with van der Waals surface area (Å²) in [5, 5.41) is 0. The van der Waals surface area contributed by atoms with E-state index in [1.54, 1.807) is 17.2 Å². The van der Waals surface area contributed by atoms with Crippen LogP contribution >= 0.6 is 0 Å². The molecule has 0 aliphatic carbocycles. The van der Waals surface area contributed by atoms with Gasteiger partial charge in [-0.2, -0.15) is 0 Å². The van der Waals surface area contributed by atoms with Crippen molar-refractivity contribution in [1.82, 2.24) is 19.9 Å². The third-order valence-corrected chi connectivity index (χ3v) is 5.68. The second kappa shape index (κ2) is 7.90. The van der Waals surface area contributed by atoms with E-state index in [0.29, 0.717) is 32.0 Å². The van der Waals surface area contributed by atoms with E-state index in [1.165, 1.54) is 6.07 Å². The molecule has 0 unspecified atom stereocenters. The standard InChI is InChI=1S/C20H26FN7O/c1-13-14(2)24-17(25-18(13)28-7-5-15(22)12-28)20(29)27-10-8-26(9-11-27)19-16(21)4-3-6-23-19/h3-4,6,15H,5,7-12,22H2,1-2H3/t15-/m1/s1. The molecule has 0 spiro atoms. The lowest BCUT2D eigenvalue weighted by Gasteiger charge is -2.35. The molecular weight excluding hydrogens is 373 g/mol. The van der Waals surface area contributed by atoms with Crippen LogP contribution in [0, 0.1) is 19.7 Å². The number of amides is 1. The molecule has 4 rings (SSSR count). The molecular formula is C20H26FN7O. The maximum Gasteiger partial charge on any atom is 0.291 e. The summed E-state index contributed by atoms with van der Waals surface area (Å²) in [4.78, 5) is 31.9. The summed E-state index contributed by atoms with van der Waals surface area (Å²) in [6.45, 7) is 7.40. The SMILES string of the molecule is Cc1nc(C(=O)N2CCN(c3ncccc3F)CC2)nc(N2CC[C@@H](N)C2)c1C. The van der Waals surface area contributed by atoms with Crippen LogP contribution in [0.25, 0.3) is 0 Å². The third kappa shape index (κ3) is 3.87. The van der Waals surface area contributed by atoms with Gasteiger partial charge in [0.15, 0.2) is 11.6 Å². The molecule has 2 aromatic rings. The molecule has 9 heteroatoms. The number of aryl methyl sites for hydroxylation is 1. The molecule has 29 heavy (non-hydrogen) atoms. The van der Waals surface area contributed by atoms with Crippen molar-refractivity contribution in [1.29, 1.82) is 0 Å². The lowest BCUT2D eigenvalue weighted by atomic mass is 10.2. The maximum absolute atomic E-state index is 14.0. The first kappa shape index (κ1) is 19.5. The minimum Gasteiger partial charge on any atom is -0.355 e. The molecule has 1 atom stereocenters. The van der Waals surface area contributed by atoms with Crippen molar-refractivity contribution in [3.63, 3.8) is 0 Å². The van der Waals surface area contributed by atoms with Gasteiger partial charge in [0, 0.05) is 62.8 Å². The highest BCUT2D eigenvalue weighted by Gasteiger charge is 2.28. The van der Waals surface area contributed by atoms with E-state index in [-0.39, 0.29) is 23.6 Å². The van der Waals surface area contributed by atoms with Gasteiger partial charge in [0.25, 0.3) is 5.91 Å². The first-order chi connectivity index (χ1) is 13.9. The fraction of sp³-hybridized carbons (Fsp3) is 0.500. The Morgan fingerprint density at radius 1 is 1.10 bits per heavy atom. The van der Waals surface area contributed by atoms with Crippen molar-refractivity contribution < 1.29 is 9.18 Å². The number of nitrogens with two attached hydrogens (primary N) is 1. The van der Waals surface area contributed by atoms with E-state index in [1.807, 2.05) is 18.7 Å². The van der Waals surface area contributed by atoms with E-state index in [0.717, 1.165) is 36.6 Å².